The number of amides is 1. The highest BCUT2D eigenvalue weighted by atomic mass is 32.2. The van der Waals surface area contributed by atoms with E-state index in [1.165, 1.54) is 36.4 Å². The summed E-state index contributed by atoms with van der Waals surface area (Å²) < 4.78 is 13.4. The molecule has 0 fully saturated rings. The number of thioether (sulfide) groups is 1. The van der Waals surface area contributed by atoms with Gasteiger partial charge in [0.2, 0.25) is 0 Å². The Balaban J connectivity index is 1.82. The van der Waals surface area contributed by atoms with Gasteiger partial charge in [0.15, 0.2) is 0 Å². The highest BCUT2D eigenvalue weighted by Crippen LogP contribution is 2.30. The molecular weight excluding hydrogens is 333 g/mol. The Morgan fingerprint density at radius 2 is 2.12 bits per heavy atom. The molecule has 6 nitrogen and oxygen atoms in total. The SMILES string of the molecule is O=C(NN=C1CCSc2ccc(F)cc21)c1cccc([N+](=O)[O-])c1. The van der Waals surface area contributed by atoms with Gasteiger partial charge in [-0.25, -0.2) is 9.82 Å². The molecule has 1 aliphatic heterocycles. The van der Waals surface area contributed by atoms with Gasteiger partial charge in [0.25, 0.3) is 11.6 Å². The van der Waals surface area contributed by atoms with Crippen LogP contribution in [0.4, 0.5) is 10.1 Å². The number of nitro benzene ring substituents is 1. The molecule has 0 aliphatic carbocycles. The number of hydrogen-bond acceptors (Lipinski definition) is 5. The highest BCUT2D eigenvalue weighted by Gasteiger charge is 2.18. The number of hydrogen-bond donors (Lipinski definition) is 1. The van der Waals surface area contributed by atoms with E-state index < -0.39 is 10.8 Å². The topological polar surface area (TPSA) is 84.6 Å². The van der Waals surface area contributed by atoms with Crippen LogP contribution in [0.15, 0.2) is 52.5 Å². The van der Waals surface area contributed by atoms with Crippen LogP contribution in [0.25, 0.3) is 0 Å². The Hall–Kier alpha value is -2.74. The first-order valence-corrected chi connectivity index (χ1v) is 8.07. The van der Waals surface area contributed by atoms with Crippen LogP contribution in [0.1, 0.15) is 22.3 Å². The Morgan fingerprint density at radius 3 is 2.92 bits per heavy atom. The number of non-ortho nitro benzene ring substituents is 1. The number of nitrogens with zero attached hydrogens (tertiary/aromatic N) is 2. The lowest BCUT2D eigenvalue weighted by molar-refractivity contribution is -0.384. The predicted octanol–water partition coefficient (Wildman–Crippen LogP) is 3.36. The zero-order valence-corrected chi connectivity index (χ0v) is 13.2. The molecule has 2 aromatic rings. The molecule has 0 saturated carbocycles. The van der Waals surface area contributed by atoms with Crippen LogP contribution in [0.5, 0.6) is 0 Å². The summed E-state index contributed by atoms with van der Waals surface area (Å²) in [4.78, 5) is 23.2. The van der Waals surface area contributed by atoms with Crippen molar-refractivity contribution in [2.24, 2.45) is 5.10 Å². The van der Waals surface area contributed by atoms with E-state index in [1.807, 2.05) is 0 Å². The van der Waals surface area contributed by atoms with Gasteiger partial charge in [0, 0.05) is 40.3 Å². The minimum absolute atomic E-state index is 0.137. The van der Waals surface area contributed by atoms with Gasteiger partial charge in [0.05, 0.1) is 10.6 Å². The second-order valence-corrected chi connectivity index (χ2v) is 6.18. The molecule has 2 aromatic carbocycles. The van der Waals surface area contributed by atoms with E-state index in [9.17, 15) is 19.3 Å². The molecule has 8 heteroatoms. The Labute approximate surface area is 140 Å². The van der Waals surface area contributed by atoms with E-state index in [2.05, 4.69) is 10.5 Å². The van der Waals surface area contributed by atoms with E-state index in [-0.39, 0.29) is 17.1 Å². The molecule has 1 heterocycles. The molecule has 24 heavy (non-hydrogen) atoms. The minimum atomic E-state index is -0.569. The Bertz CT molecular complexity index is 854. The van der Waals surface area contributed by atoms with Crippen LogP contribution in [-0.4, -0.2) is 22.3 Å². The van der Waals surface area contributed by atoms with Crippen LogP contribution in [0.3, 0.4) is 0 Å². The van der Waals surface area contributed by atoms with Crippen molar-refractivity contribution in [3.8, 4) is 0 Å². The number of carbonyl (C=O) groups excluding carboxylic acids is 1. The molecule has 1 aliphatic rings. The van der Waals surface area contributed by atoms with Gasteiger partial charge in [-0.1, -0.05) is 6.07 Å². The first-order chi connectivity index (χ1) is 11.5. The lowest BCUT2D eigenvalue weighted by Crippen LogP contribution is -2.22. The van der Waals surface area contributed by atoms with Crippen molar-refractivity contribution in [1.29, 1.82) is 0 Å². The quantitative estimate of drug-likeness (QED) is 0.683. The van der Waals surface area contributed by atoms with Gasteiger partial charge in [0.1, 0.15) is 5.82 Å². The molecule has 0 atom stereocenters. The average Bonchev–Trinajstić information content (AvgIpc) is 2.59. The number of nitrogens with one attached hydrogen (secondary N) is 1. The van der Waals surface area contributed by atoms with Crippen molar-refractivity contribution in [3.63, 3.8) is 0 Å². The van der Waals surface area contributed by atoms with Crippen molar-refractivity contribution >= 4 is 29.1 Å². The van der Waals surface area contributed by atoms with Gasteiger partial charge in [-0.15, -0.1) is 11.8 Å². The number of rotatable bonds is 3. The molecule has 0 spiro atoms. The lowest BCUT2D eigenvalue weighted by atomic mass is 10.1. The summed E-state index contributed by atoms with van der Waals surface area (Å²) in [6, 6.07) is 9.84. The third-order valence-electron chi connectivity index (χ3n) is 3.46. The van der Waals surface area contributed by atoms with E-state index in [0.717, 1.165) is 10.6 Å². The van der Waals surface area contributed by atoms with Gasteiger partial charge >= 0.3 is 0 Å². The fourth-order valence-electron chi connectivity index (χ4n) is 2.31. The number of halogens is 1. The van der Waals surface area contributed by atoms with Gasteiger partial charge < -0.3 is 0 Å². The van der Waals surface area contributed by atoms with Crippen LogP contribution in [0.2, 0.25) is 0 Å². The largest absolute Gasteiger partial charge is 0.271 e. The van der Waals surface area contributed by atoms with Crippen molar-refractivity contribution in [2.45, 2.75) is 11.3 Å². The normalized spacial score (nSPS) is 15.0. The average molecular weight is 345 g/mol. The predicted molar refractivity (Wildman–Crippen MR) is 88.8 cm³/mol. The zero-order chi connectivity index (χ0) is 17.1. The fourth-order valence-corrected chi connectivity index (χ4v) is 3.32. The molecule has 122 valence electrons. The molecule has 0 unspecified atom stereocenters. The first kappa shape index (κ1) is 16.1. The van der Waals surface area contributed by atoms with E-state index >= 15 is 0 Å². The zero-order valence-electron chi connectivity index (χ0n) is 12.4. The molecule has 0 radical (unpaired) electrons. The summed E-state index contributed by atoms with van der Waals surface area (Å²) in [6.45, 7) is 0. The van der Waals surface area contributed by atoms with Crippen LogP contribution in [0, 0.1) is 15.9 Å². The van der Waals surface area contributed by atoms with Gasteiger partial charge in [-0.3, -0.25) is 14.9 Å². The maximum absolute atomic E-state index is 13.4. The molecular formula is C16H12FN3O3S. The molecule has 1 amide bonds. The van der Waals surface area contributed by atoms with Crippen molar-refractivity contribution < 1.29 is 14.1 Å². The number of hydrazone groups is 1. The molecule has 1 N–H and O–H groups in total. The highest BCUT2D eigenvalue weighted by molar-refractivity contribution is 7.99. The smallest absolute Gasteiger partial charge is 0.267 e. The third-order valence-corrected chi connectivity index (χ3v) is 4.54. The summed E-state index contributed by atoms with van der Waals surface area (Å²) >= 11 is 1.60. The maximum Gasteiger partial charge on any atom is 0.271 e. The summed E-state index contributed by atoms with van der Waals surface area (Å²) in [7, 11) is 0. The number of carbonyl (C=O) groups is 1. The number of fused-ring (bicyclic) bond motifs is 1. The molecule has 3 rings (SSSR count). The summed E-state index contributed by atoms with van der Waals surface area (Å²) in [5.74, 6) is -0.138. The molecule has 0 saturated heterocycles. The van der Waals surface area contributed by atoms with Gasteiger partial charge in [-0.05, 0) is 24.3 Å². The van der Waals surface area contributed by atoms with Gasteiger partial charge in [-0.2, -0.15) is 5.10 Å². The van der Waals surface area contributed by atoms with Crippen molar-refractivity contribution in [1.82, 2.24) is 5.43 Å². The lowest BCUT2D eigenvalue weighted by Gasteiger charge is -2.17. The van der Waals surface area contributed by atoms with E-state index in [0.29, 0.717) is 17.7 Å². The monoisotopic (exact) mass is 345 g/mol. The number of benzene rings is 2. The van der Waals surface area contributed by atoms with Crippen molar-refractivity contribution in [2.75, 3.05) is 5.75 Å². The minimum Gasteiger partial charge on any atom is -0.267 e. The van der Waals surface area contributed by atoms with E-state index in [4.69, 9.17) is 0 Å². The molecule has 0 bridgehead atoms. The van der Waals surface area contributed by atoms with Crippen LogP contribution >= 0.6 is 11.8 Å². The van der Waals surface area contributed by atoms with Crippen LogP contribution < -0.4 is 5.43 Å². The Kier molecular flexibility index (Phi) is 4.57. The summed E-state index contributed by atoms with van der Waals surface area (Å²) in [6.07, 6.45) is 0.594. The fraction of sp³-hybridized carbons (Fsp3) is 0.125. The second-order valence-electron chi connectivity index (χ2n) is 5.05. The molecule has 0 aromatic heterocycles. The summed E-state index contributed by atoms with van der Waals surface area (Å²) in [5.41, 5.74) is 3.60. The summed E-state index contributed by atoms with van der Waals surface area (Å²) in [5, 5.41) is 14.8. The van der Waals surface area contributed by atoms with Crippen LogP contribution in [-0.2, 0) is 0 Å². The maximum atomic E-state index is 13.4. The standard InChI is InChI=1S/C16H12FN3O3S/c17-11-4-5-15-13(9-11)14(6-7-24-15)18-19-16(21)10-2-1-3-12(8-10)20(22)23/h1-5,8-9H,6-7H2,(H,19,21). The number of nitro groups is 1. The van der Waals surface area contributed by atoms with Crippen molar-refractivity contribution in [3.05, 3.63) is 69.5 Å². The first-order valence-electron chi connectivity index (χ1n) is 7.08. The van der Waals surface area contributed by atoms with E-state index in [1.54, 1.807) is 17.8 Å². The third kappa shape index (κ3) is 3.43. The second kappa shape index (κ2) is 6.79. The Morgan fingerprint density at radius 1 is 1.29 bits per heavy atom.